The molecule has 0 atom stereocenters. The maximum absolute atomic E-state index is 13.1. The van der Waals surface area contributed by atoms with Crippen LogP contribution in [-0.2, 0) is 10.0 Å². The summed E-state index contributed by atoms with van der Waals surface area (Å²) in [5.74, 6) is -0.0429. The van der Waals surface area contributed by atoms with Gasteiger partial charge in [-0.3, -0.25) is 9.69 Å². The summed E-state index contributed by atoms with van der Waals surface area (Å²) in [4.78, 5) is 17.7. The summed E-state index contributed by atoms with van der Waals surface area (Å²) in [6.07, 6.45) is 5.45. The SMILES string of the molecule is Cc1ccc(S(=O)(=O)N2CCCCC2)cc1C(=O)N1CCN(C2CC2)CC1. The second-order valence-electron chi connectivity index (χ2n) is 8.00. The minimum absolute atomic E-state index is 0.0429. The van der Waals surface area contributed by atoms with Gasteiger partial charge in [-0.1, -0.05) is 12.5 Å². The molecule has 0 unspecified atom stereocenters. The number of carbonyl (C=O) groups excluding carboxylic acids is 1. The maximum atomic E-state index is 13.1. The van der Waals surface area contributed by atoms with Crippen molar-refractivity contribution in [3.8, 4) is 0 Å². The molecule has 6 nitrogen and oxygen atoms in total. The van der Waals surface area contributed by atoms with E-state index >= 15 is 0 Å². The van der Waals surface area contributed by atoms with Crippen LogP contribution in [0.2, 0.25) is 0 Å². The van der Waals surface area contributed by atoms with Crippen LogP contribution in [0.3, 0.4) is 0 Å². The van der Waals surface area contributed by atoms with Gasteiger partial charge in [0, 0.05) is 50.9 Å². The molecule has 0 N–H and O–H groups in total. The number of sulfonamides is 1. The van der Waals surface area contributed by atoms with Crippen LogP contribution < -0.4 is 0 Å². The zero-order chi connectivity index (χ0) is 19.0. The number of aryl methyl sites for hydroxylation is 1. The molecule has 148 valence electrons. The van der Waals surface area contributed by atoms with Crippen LogP contribution in [0.15, 0.2) is 23.1 Å². The smallest absolute Gasteiger partial charge is 0.254 e. The fraction of sp³-hybridized carbons (Fsp3) is 0.650. The molecule has 4 rings (SSSR count). The number of rotatable bonds is 4. The molecule has 1 aromatic rings. The predicted octanol–water partition coefficient (Wildman–Crippen LogP) is 2.09. The number of nitrogens with zero attached hydrogens (tertiary/aromatic N) is 3. The molecular formula is C20H29N3O3S. The fourth-order valence-electron chi connectivity index (χ4n) is 4.15. The number of piperazine rings is 1. The van der Waals surface area contributed by atoms with E-state index in [1.807, 2.05) is 11.8 Å². The number of carbonyl (C=O) groups is 1. The number of hydrogen-bond donors (Lipinski definition) is 0. The lowest BCUT2D eigenvalue weighted by Gasteiger charge is -2.35. The second-order valence-corrected chi connectivity index (χ2v) is 9.94. The number of amides is 1. The molecule has 1 aliphatic carbocycles. The molecule has 2 heterocycles. The van der Waals surface area contributed by atoms with E-state index in [0.717, 1.165) is 57.0 Å². The first-order chi connectivity index (χ1) is 13.0. The van der Waals surface area contributed by atoms with Crippen LogP contribution in [0.25, 0.3) is 0 Å². The van der Waals surface area contributed by atoms with E-state index in [0.29, 0.717) is 18.7 Å². The van der Waals surface area contributed by atoms with Gasteiger partial charge in [0.15, 0.2) is 0 Å². The molecule has 2 saturated heterocycles. The van der Waals surface area contributed by atoms with Gasteiger partial charge in [0.1, 0.15) is 0 Å². The molecule has 27 heavy (non-hydrogen) atoms. The Hall–Kier alpha value is -1.44. The number of piperidine rings is 1. The van der Waals surface area contributed by atoms with Crippen LogP contribution in [0.5, 0.6) is 0 Å². The monoisotopic (exact) mass is 391 g/mol. The number of benzene rings is 1. The first kappa shape index (κ1) is 18.9. The molecule has 1 amide bonds. The molecule has 7 heteroatoms. The van der Waals surface area contributed by atoms with E-state index in [9.17, 15) is 13.2 Å². The molecule has 0 bridgehead atoms. The van der Waals surface area contributed by atoms with Gasteiger partial charge >= 0.3 is 0 Å². The third-order valence-corrected chi connectivity index (χ3v) is 7.95. The van der Waals surface area contributed by atoms with Crippen molar-refractivity contribution in [2.24, 2.45) is 0 Å². The van der Waals surface area contributed by atoms with Crippen molar-refractivity contribution in [3.63, 3.8) is 0 Å². The normalized spacial score (nSPS) is 22.8. The summed E-state index contributed by atoms with van der Waals surface area (Å²) < 4.78 is 27.5. The Morgan fingerprint density at radius 3 is 2.26 bits per heavy atom. The van der Waals surface area contributed by atoms with E-state index in [2.05, 4.69) is 4.90 Å². The first-order valence-corrected chi connectivity index (χ1v) is 11.5. The van der Waals surface area contributed by atoms with E-state index in [1.54, 1.807) is 22.5 Å². The lowest BCUT2D eigenvalue weighted by atomic mass is 10.1. The molecule has 0 spiro atoms. The molecule has 3 aliphatic rings. The Morgan fingerprint density at radius 2 is 1.63 bits per heavy atom. The minimum Gasteiger partial charge on any atom is -0.336 e. The summed E-state index contributed by atoms with van der Waals surface area (Å²) in [5.41, 5.74) is 1.36. The Bertz CT molecular complexity index is 806. The maximum Gasteiger partial charge on any atom is 0.254 e. The lowest BCUT2D eigenvalue weighted by Crippen LogP contribution is -2.49. The van der Waals surface area contributed by atoms with Gasteiger partial charge in [0.05, 0.1) is 4.90 Å². The standard InChI is InChI=1S/C20H29N3O3S/c1-16-5-8-18(27(25,26)23-9-3-2-4-10-23)15-19(16)20(24)22-13-11-21(12-14-22)17-6-7-17/h5,8,15,17H,2-4,6-7,9-14H2,1H3. The predicted molar refractivity (Wildman–Crippen MR) is 104 cm³/mol. The zero-order valence-electron chi connectivity index (χ0n) is 16.1. The van der Waals surface area contributed by atoms with Crippen LogP contribution >= 0.6 is 0 Å². The second kappa shape index (κ2) is 7.53. The highest BCUT2D eigenvalue weighted by atomic mass is 32.2. The Labute approximate surface area is 162 Å². The highest BCUT2D eigenvalue weighted by Gasteiger charge is 2.33. The summed E-state index contributed by atoms with van der Waals surface area (Å²) in [7, 11) is -3.52. The van der Waals surface area contributed by atoms with Crippen molar-refractivity contribution < 1.29 is 13.2 Å². The molecule has 1 saturated carbocycles. The van der Waals surface area contributed by atoms with Crippen molar-refractivity contribution in [1.29, 1.82) is 0 Å². The Morgan fingerprint density at radius 1 is 0.963 bits per heavy atom. The molecule has 1 aromatic carbocycles. The van der Waals surface area contributed by atoms with E-state index in [1.165, 1.54) is 12.8 Å². The first-order valence-electron chi connectivity index (χ1n) is 10.1. The van der Waals surface area contributed by atoms with E-state index in [-0.39, 0.29) is 10.8 Å². The van der Waals surface area contributed by atoms with Gasteiger partial charge in [-0.2, -0.15) is 4.31 Å². The van der Waals surface area contributed by atoms with Crippen LogP contribution in [0, 0.1) is 6.92 Å². The highest BCUT2D eigenvalue weighted by molar-refractivity contribution is 7.89. The van der Waals surface area contributed by atoms with Crippen molar-refractivity contribution >= 4 is 15.9 Å². The van der Waals surface area contributed by atoms with Crippen molar-refractivity contribution in [2.45, 2.75) is 50.0 Å². The van der Waals surface area contributed by atoms with Crippen molar-refractivity contribution in [2.75, 3.05) is 39.3 Å². The van der Waals surface area contributed by atoms with Gasteiger partial charge in [-0.25, -0.2) is 8.42 Å². The average Bonchev–Trinajstić information content (AvgIpc) is 3.54. The van der Waals surface area contributed by atoms with Gasteiger partial charge in [-0.15, -0.1) is 0 Å². The van der Waals surface area contributed by atoms with Gasteiger partial charge in [-0.05, 0) is 50.3 Å². The Kier molecular flexibility index (Phi) is 5.27. The van der Waals surface area contributed by atoms with E-state index < -0.39 is 10.0 Å². The van der Waals surface area contributed by atoms with Crippen molar-refractivity contribution in [3.05, 3.63) is 29.3 Å². The molecular weight excluding hydrogens is 362 g/mol. The van der Waals surface area contributed by atoms with E-state index in [4.69, 9.17) is 0 Å². The van der Waals surface area contributed by atoms with Crippen LogP contribution in [-0.4, -0.2) is 73.7 Å². The van der Waals surface area contributed by atoms with Gasteiger partial charge < -0.3 is 4.90 Å². The lowest BCUT2D eigenvalue weighted by molar-refractivity contribution is 0.0626. The summed E-state index contributed by atoms with van der Waals surface area (Å²) in [6, 6.07) is 5.72. The van der Waals surface area contributed by atoms with Crippen LogP contribution in [0.1, 0.15) is 48.0 Å². The molecule has 0 radical (unpaired) electrons. The highest BCUT2D eigenvalue weighted by Crippen LogP contribution is 2.28. The molecule has 0 aromatic heterocycles. The molecule has 3 fully saturated rings. The average molecular weight is 392 g/mol. The fourth-order valence-corrected chi connectivity index (χ4v) is 5.69. The summed E-state index contributed by atoms with van der Waals surface area (Å²) >= 11 is 0. The largest absolute Gasteiger partial charge is 0.336 e. The van der Waals surface area contributed by atoms with Crippen molar-refractivity contribution in [1.82, 2.24) is 14.1 Å². The van der Waals surface area contributed by atoms with Gasteiger partial charge in [0.25, 0.3) is 5.91 Å². The zero-order valence-corrected chi connectivity index (χ0v) is 16.9. The third-order valence-electron chi connectivity index (χ3n) is 6.06. The Balaban J connectivity index is 1.52. The molecule has 2 aliphatic heterocycles. The third kappa shape index (κ3) is 3.91. The number of hydrogen-bond acceptors (Lipinski definition) is 4. The topological polar surface area (TPSA) is 60.9 Å². The quantitative estimate of drug-likeness (QED) is 0.789. The summed E-state index contributed by atoms with van der Waals surface area (Å²) in [5, 5.41) is 0. The summed E-state index contributed by atoms with van der Waals surface area (Å²) in [6.45, 7) is 6.30. The minimum atomic E-state index is -3.52. The van der Waals surface area contributed by atoms with Gasteiger partial charge in [0.2, 0.25) is 10.0 Å². The van der Waals surface area contributed by atoms with Crippen LogP contribution in [0.4, 0.5) is 0 Å².